The van der Waals surface area contributed by atoms with Gasteiger partial charge in [-0.05, 0) is 12.3 Å². The molecule has 0 aliphatic heterocycles. The highest BCUT2D eigenvalue weighted by Crippen LogP contribution is 2.04. The second-order valence-corrected chi connectivity index (χ2v) is 2.47. The van der Waals surface area contributed by atoms with Crippen LogP contribution in [0.1, 0.15) is 41.0 Å². The summed E-state index contributed by atoms with van der Waals surface area (Å²) >= 11 is 0. The van der Waals surface area contributed by atoms with Crippen molar-refractivity contribution in [2.45, 2.75) is 41.0 Å². The summed E-state index contributed by atoms with van der Waals surface area (Å²) in [5.74, 6) is 0.634. The molecule has 0 aromatic rings. The molecule has 0 spiro atoms. The van der Waals surface area contributed by atoms with E-state index in [9.17, 15) is 0 Å². The van der Waals surface area contributed by atoms with Gasteiger partial charge in [0.25, 0.3) is 0 Å². The third-order valence-corrected chi connectivity index (χ3v) is 1.33. The van der Waals surface area contributed by atoms with Crippen molar-refractivity contribution in [2.75, 3.05) is 7.05 Å². The molecule has 1 N–H and O–H groups in total. The van der Waals surface area contributed by atoms with Gasteiger partial charge in [-0.15, -0.1) is 0 Å². The van der Waals surface area contributed by atoms with Crippen molar-refractivity contribution in [3.05, 3.63) is 11.8 Å². The Hall–Kier alpha value is -0.460. The summed E-state index contributed by atoms with van der Waals surface area (Å²) in [6.07, 6.45) is 3.35. The molecule has 0 aliphatic carbocycles. The molecule has 0 atom stereocenters. The predicted octanol–water partition coefficient (Wildman–Crippen LogP) is 3.18. The molecule has 0 unspecified atom stereocenters. The highest BCUT2D eigenvalue weighted by Gasteiger charge is 1.96. The van der Waals surface area contributed by atoms with Crippen LogP contribution in [0.15, 0.2) is 11.8 Å². The maximum absolute atomic E-state index is 3.16. The van der Waals surface area contributed by atoms with Crippen molar-refractivity contribution in [2.24, 2.45) is 5.92 Å². The van der Waals surface area contributed by atoms with Gasteiger partial charge >= 0.3 is 0 Å². The standard InChI is InChI=1S/C8H17N.C2H6/c1-5-6-8(9-4)7(2)3;1-2/h6-7,9H,5H2,1-4H3;1-2H3/b8-6-;. The van der Waals surface area contributed by atoms with Crippen LogP contribution < -0.4 is 5.32 Å². The minimum absolute atomic E-state index is 0.634. The number of hydrogen-bond acceptors (Lipinski definition) is 1. The molecular weight excluding hydrogens is 134 g/mol. The van der Waals surface area contributed by atoms with Crippen molar-refractivity contribution in [3.63, 3.8) is 0 Å². The Morgan fingerprint density at radius 3 is 1.91 bits per heavy atom. The fourth-order valence-electron chi connectivity index (χ4n) is 0.846. The first kappa shape index (κ1) is 13.2. The van der Waals surface area contributed by atoms with Crippen LogP contribution in [0.25, 0.3) is 0 Å². The summed E-state index contributed by atoms with van der Waals surface area (Å²) in [7, 11) is 1.97. The van der Waals surface area contributed by atoms with E-state index in [1.165, 1.54) is 5.70 Å². The van der Waals surface area contributed by atoms with E-state index in [1.807, 2.05) is 20.9 Å². The number of rotatable bonds is 3. The Bertz CT molecular complexity index is 93.0. The minimum atomic E-state index is 0.634. The molecule has 0 saturated carbocycles. The summed E-state index contributed by atoms with van der Waals surface area (Å²) in [4.78, 5) is 0. The van der Waals surface area contributed by atoms with Crippen molar-refractivity contribution in [1.82, 2.24) is 5.32 Å². The van der Waals surface area contributed by atoms with Gasteiger partial charge in [-0.1, -0.05) is 40.7 Å². The van der Waals surface area contributed by atoms with Crippen LogP contribution in [0.3, 0.4) is 0 Å². The molecule has 1 heteroatoms. The van der Waals surface area contributed by atoms with Gasteiger partial charge in [0, 0.05) is 12.7 Å². The Kier molecular flexibility index (Phi) is 11.4. The average molecular weight is 157 g/mol. The third-order valence-electron chi connectivity index (χ3n) is 1.33. The van der Waals surface area contributed by atoms with E-state index < -0.39 is 0 Å². The number of hydrogen-bond donors (Lipinski definition) is 1. The quantitative estimate of drug-likeness (QED) is 0.663. The highest BCUT2D eigenvalue weighted by molar-refractivity contribution is 5.00. The molecule has 0 bridgehead atoms. The lowest BCUT2D eigenvalue weighted by molar-refractivity contribution is 0.693. The van der Waals surface area contributed by atoms with Crippen molar-refractivity contribution >= 4 is 0 Å². The molecule has 0 radical (unpaired) electrons. The van der Waals surface area contributed by atoms with Crippen LogP contribution in [-0.4, -0.2) is 7.05 Å². The zero-order valence-corrected chi connectivity index (χ0v) is 8.86. The first-order chi connectivity index (χ1) is 5.22. The van der Waals surface area contributed by atoms with E-state index in [2.05, 4.69) is 32.2 Å². The topological polar surface area (TPSA) is 12.0 Å². The van der Waals surface area contributed by atoms with Gasteiger partial charge in [-0.3, -0.25) is 0 Å². The van der Waals surface area contributed by atoms with E-state index in [0.717, 1.165) is 6.42 Å². The molecule has 0 rings (SSSR count). The molecular formula is C10H23N. The summed E-state index contributed by atoms with van der Waals surface area (Å²) < 4.78 is 0. The highest BCUT2D eigenvalue weighted by atomic mass is 14.8. The smallest absolute Gasteiger partial charge is 0.00893 e. The van der Waals surface area contributed by atoms with Crippen LogP contribution in [-0.2, 0) is 0 Å². The summed E-state index contributed by atoms with van der Waals surface area (Å²) in [5.41, 5.74) is 1.34. The number of allylic oxidation sites excluding steroid dienone is 2. The van der Waals surface area contributed by atoms with Gasteiger partial charge in [0.05, 0.1) is 0 Å². The fourth-order valence-corrected chi connectivity index (χ4v) is 0.846. The van der Waals surface area contributed by atoms with Gasteiger partial charge in [0.1, 0.15) is 0 Å². The first-order valence-electron chi connectivity index (χ1n) is 4.60. The second-order valence-electron chi connectivity index (χ2n) is 2.47. The molecule has 0 saturated heterocycles. The lowest BCUT2D eigenvalue weighted by Gasteiger charge is -2.09. The minimum Gasteiger partial charge on any atom is -0.391 e. The number of nitrogens with one attached hydrogen (secondary N) is 1. The van der Waals surface area contributed by atoms with Gasteiger partial charge in [-0.25, -0.2) is 0 Å². The molecule has 0 amide bonds. The average Bonchev–Trinajstić information content (AvgIpc) is 2.03. The Balaban J connectivity index is 0. The van der Waals surface area contributed by atoms with Crippen LogP contribution in [0.4, 0.5) is 0 Å². The predicted molar refractivity (Wildman–Crippen MR) is 53.6 cm³/mol. The maximum atomic E-state index is 3.16. The van der Waals surface area contributed by atoms with Crippen molar-refractivity contribution < 1.29 is 0 Å². The normalized spacial score (nSPS) is 10.6. The van der Waals surface area contributed by atoms with Crippen LogP contribution in [0.2, 0.25) is 0 Å². The molecule has 0 aliphatic rings. The van der Waals surface area contributed by atoms with Gasteiger partial charge in [-0.2, -0.15) is 0 Å². The van der Waals surface area contributed by atoms with Crippen molar-refractivity contribution in [1.29, 1.82) is 0 Å². The molecule has 0 aromatic carbocycles. The van der Waals surface area contributed by atoms with E-state index in [1.54, 1.807) is 0 Å². The first-order valence-corrected chi connectivity index (χ1v) is 4.60. The van der Waals surface area contributed by atoms with E-state index in [4.69, 9.17) is 0 Å². The van der Waals surface area contributed by atoms with Gasteiger partial charge < -0.3 is 5.32 Å². The molecule has 68 valence electrons. The second kappa shape index (κ2) is 9.54. The molecule has 0 aromatic heterocycles. The molecule has 11 heavy (non-hydrogen) atoms. The zero-order chi connectivity index (χ0) is 9.28. The molecule has 1 nitrogen and oxygen atoms in total. The Morgan fingerprint density at radius 2 is 1.82 bits per heavy atom. The third kappa shape index (κ3) is 7.44. The van der Waals surface area contributed by atoms with E-state index in [0.29, 0.717) is 5.92 Å². The van der Waals surface area contributed by atoms with Crippen molar-refractivity contribution in [3.8, 4) is 0 Å². The maximum Gasteiger partial charge on any atom is 0.00893 e. The monoisotopic (exact) mass is 157 g/mol. The van der Waals surface area contributed by atoms with Crippen LogP contribution in [0.5, 0.6) is 0 Å². The summed E-state index contributed by atoms with van der Waals surface area (Å²) in [5, 5.41) is 3.16. The molecule has 0 heterocycles. The largest absolute Gasteiger partial charge is 0.391 e. The zero-order valence-electron chi connectivity index (χ0n) is 8.86. The van der Waals surface area contributed by atoms with Gasteiger partial charge in [0.15, 0.2) is 0 Å². The molecule has 0 fully saturated rings. The lowest BCUT2D eigenvalue weighted by atomic mass is 10.1. The Morgan fingerprint density at radius 1 is 1.36 bits per heavy atom. The van der Waals surface area contributed by atoms with E-state index >= 15 is 0 Å². The van der Waals surface area contributed by atoms with Crippen LogP contribution >= 0.6 is 0 Å². The fraction of sp³-hybridized carbons (Fsp3) is 0.800. The summed E-state index contributed by atoms with van der Waals surface area (Å²) in [6, 6.07) is 0. The Labute approximate surface area is 71.9 Å². The lowest BCUT2D eigenvalue weighted by Crippen LogP contribution is -2.11. The van der Waals surface area contributed by atoms with E-state index in [-0.39, 0.29) is 0 Å². The SMILES string of the molecule is CC.CC/C=C(\NC)C(C)C. The van der Waals surface area contributed by atoms with Crippen LogP contribution in [0, 0.1) is 5.92 Å². The summed E-state index contributed by atoms with van der Waals surface area (Å²) in [6.45, 7) is 10.5. The van der Waals surface area contributed by atoms with Gasteiger partial charge in [0.2, 0.25) is 0 Å².